The van der Waals surface area contributed by atoms with Crippen molar-refractivity contribution in [2.45, 2.75) is 13.5 Å². The van der Waals surface area contributed by atoms with Gasteiger partial charge in [-0.05, 0) is 36.8 Å². The van der Waals surface area contributed by atoms with E-state index in [1.54, 1.807) is 19.5 Å². The van der Waals surface area contributed by atoms with Gasteiger partial charge in [0.05, 0.1) is 13.7 Å². The van der Waals surface area contributed by atoms with Crippen molar-refractivity contribution < 1.29 is 4.74 Å². The molecule has 1 aromatic heterocycles. The van der Waals surface area contributed by atoms with Crippen molar-refractivity contribution in [3.05, 3.63) is 48.0 Å². The van der Waals surface area contributed by atoms with Crippen molar-refractivity contribution >= 4 is 5.69 Å². The summed E-state index contributed by atoms with van der Waals surface area (Å²) in [6.07, 6.45) is 3.48. The summed E-state index contributed by atoms with van der Waals surface area (Å²) in [5.74, 6) is 1.65. The highest BCUT2D eigenvalue weighted by Crippen LogP contribution is 2.21. The Hall–Kier alpha value is -2.10. The molecule has 4 heteroatoms. The van der Waals surface area contributed by atoms with Crippen LogP contribution in [0.2, 0.25) is 0 Å². The Bertz CT molecular complexity index is 485. The van der Waals surface area contributed by atoms with E-state index in [0.29, 0.717) is 6.54 Å². The first-order valence-corrected chi connectivity index (χ1v) is 5.44. The minimum atomic E-state index is 0.619. The first kappa shape index (κ1) is 11.4. The van der Waals surface area contributed by atoms with Crippen LogP contribution >= 0.6 is 0 Å². The molecule has 1 aromatic carbocycles. The Morgan fingerprint density at radius 2 is 2.00 bits per heavy atom. The molecule has 0 spiro atoms. The SMILES string of the molecule is COc1ccc(NCc2ncccn2)c(C)c1. The predicted octanol–water partition coefficient (Wildman–Crippen LogP) is 2.41. The van der Waals surface area contributed by atoms with Gasteiger partial charge in [-0.15, -0.1) is 0 Å². The lowest BCUT2D eigenvalue weighted by Crippen LogP contribution is -2.04. The molecule has 88 valence electrons. The molecule has 0 unspecified atom stereocenters. The number of hydrogen-bond acceptors (Lipinski definition) is 4. The molecule has 4 nitrogen and oxygen atoms in total. The molecular weight excluding hydrogens is 214 g/mol. The Balaban J connectivity index is 2.04. The molecule has 0 bridgehead atoms. The first-order valence-electron chi connectivity index (χ1n) is 5.44. The van der Waals surface area contributed by atoms with Crippen molar-refractivity contribution in [3.8, 4) is 5.75 Å². The standard InChI is InChI=1S/C13H15N3O/c1-10-8-11(17-2)4-5-12(10)16-9-13-14-6-3-7-15-13/h3-8,16H,9H2,1-2H3. The average Bonchev–Trinajstić information content (AvgIpc) is 2.38. The summed E-state index contributed by atoms with van der Waals surface area (Å²) in [5.41, 5.74) is 2.21. The summed E-state index contributed by atoms with van der Waals surface area (Å²) in [7, 11) is 1.67. The first-order chi connectivity index (χ1) is 8.29. The van der Waals surface area contributed by atoms with Gasteiger partial charge in [-0.2, -0.15) is 0 Å². The van der Waals surface area contributed by atoms with Crippen LogP contribution in [0.5, 0.6) is 5.75 Å². The molecule has 0 aliphatic rings. The van der Waals surface area contributed by atoms with Gasteiger partial charge in [-0.25, -0.2) is 9.97 Å². The van der Waals surface area contributed by atoms with E-state index in [-0.39, 0.29) is 0 Å². The Labute approximate surface area is 101 Å². The molecule has 1 heterocycles. The number of anilines is 1. The zero-order valence-electron chi connectivity index (χ0n) is 9.97. The fourth-order valence-corrected chi connectivity index (χ4v) is 1.56. The summed E-state index contributed by atoms with van der Waals surface area (Å²) in [4.78, 5) is 8.32. The van der Waals surface area contributed by atoms with Gasteiger partial charge in [0.1, 0.15) is 11.6 Å². The van der Waals surface area contributed by atoms with E-state index in [9.17, 15) is 0 Å². The minimum absolute atomic E-state index is 0.619. The molecule has 0 saturated heterocycles. The van der Waals surface area contributed by atoms with E-state index < -0.39 is 0 Å². The number of ether oxygens (including phenoxy) is 1. The van der Waals surface area contributed by atoms with Gasteiger partial charge in [0.25, 0.3) is 0 Å². The number of hydrogen-bond donors (Lipinski definition) is 1. The van der Waals surface area contributed by atoms with Crippen molar-refractivity contribution in [2.24, 2.45) is 0 Å². The van der Waals surface area contributed by atoms with E-state index in [0.717, 1.165) is 22.8 Å². The molecule has 0 aliphatic heterocycles. The summed E-state index contributed by atoms with van der Waals surface area (Å²) >= 11 is 0. The van der Waals surface area contributed by atoms with Gasteiger partial charge < -0.3 is 10.1 Å². The number of methoxy groups -OCH3 is 1. The molecule has 0 fully saturated rings. The normalized spacial score (nSPS) is 10.0. The summed E-state index contributed by atoms with van der Waals surface area (Å²) < 4.78 is 5.16. The van der Waals surface area contributed by atoms with E-state index in [2.05, 4.69) is 15.3 Å². The molecule has 1 N–H and O–H groups in total. The number of nitrogens with one attached hydrogen (secondary N) is 1. The van der Waals surface area contributed by atoms with Gasteiger partial charge in [-0.1, -0.05) is 0 Å². The van der Waals surface area contributed by atoms with E-state index in [4.69, 9.17) is 4.74 Å². The van der Waals surface area contributed by atoms with Gasteiger partial charge in [0, 0.05) is 18.1 Å². The van der Waals surface area contributed by atoms with Crippen LogP contribution in [0, 0.1) is 6.92 Å². The van der Waals surface area contributed by atoms with Gasteiger partial charge >= 0.3 is 0 Å². The van der Waals surface area contributed by atoms with Crippen LogP contribution in [0.1, 0.15) is 11.4 Å². The van der Waals surface area contributed by atoms with Crippen molar-refractivity contribution in [3.63, 3.8) is 0 Å². The largest absolute Gasteiger partial charge is 0.497 e. The maximum Gasteiger partial charge on any atom is 0.147 e. The van der Waals surface area contributed by atoms with Crippen LogP contribution in [-0.4, -0.2) is 17.1 Å². The van der Waals surface area contributed by atoms with Crippen LogP contribution in [0.4, 0.5) is 5.69 Å². The molecule has 0 aliphatic carbocycles. The lowest BCUT2D eigenvalue weighted by molar-refractivity contribution is 0.414. The number of nitrogens with zero attached hydrogens (tertiary/aromatic N) is 2. The van der Waals surface area contributed by atoms with Gasteiger partial charge in [0.2, 0.25) is 0 Å². The predicted molar refractivity (Wildman–Crippen MR) is 67.1 cm³/mol. The van der Waals surface area contributed by atoms with E-state index in [1.807, 2.05) is 31.2 Å². The van der Waals surface area contributed by atoms with Crippen LogP contribution in [-0.2, 0) is 6.54 Å². The number of rotatable bonds is 4. The summed E-state index contributed by atoms with van der Waals surface area (Å²) in [6, 6.07) is 7.73. The van der Waals surface area contributed by atoms with Crippen LogP contribution in [0.15, 0.2) is 36.7 Å². The van der Waals surface area contributed by atoms with Crippen molar-refractivity contribution in [1.82, 2.24) is 9.97 Å². The molecule has 0 radical (unpaired) electrons. The number of aryl methyl sites for hydroxylation is 1. The Morgan fingerprint density at radius 3 is 2.65 bits per heavy atom. The molecule has 0 saturated carbocycles. The zero-order chi connectivity index (χ0) is 12.1. The maximum atomic E-state index is 5.16. The van der Waals surface area contributed by atoms with Gasteiger partial charge in [-0.3, -0.25) is 0 Å². The third-order valence-electron chi connectivity index (χ3n) is 2.49. The molecule has 2 rings (SSSR count). The highest BCUT2D eigenvalue weighted by molar-refractivity contribution is 5.53. The van der Waals surface area contributed by atoms with Crippen molar-refractivity contribution in [2.75, 3.05) is 12.4 Å². The Kier molecular flexibility index (Phi) is 3.55. The summed E-state index contributed by atoms with van der Waals surface area (Å²) in [6.45, 7) is 2.66. The smallest absolute Gasteiger partial charge is 0.147 e. The maximum absolute atomic E-state index is 5.16. The second-order valence-corrected chi connectivity index (χ2v) is 3.70. The highest BCUT2D eigenvalue weighted by Gasteiger charge is 2.01. The summed E-state index contributed by atoms with van der Waals surface area (Å²) in [5, 5.41) is 3.30. The second kappa shape index (κ2) is 5.30. The van der Waals surface area contributed by atoms with Crippen LogP contribution in [0.25, 0.3) is 0 Å². The minimum Gasteiger partial charge on any atom is -0.497 e. The third-order valence-corrected chi connectivity index (χ3v) is 2.49. The van der Waals surface area contributed by atoms with E-state index in [1.165, 1.54) is 0 Å². The van der Waals surface area contributed by atoms with Crippen LogP contribution in [0.3, 0.4) is 0 Å². The lowest BCUT2D eigenvalue weighted by Gasteiger charge is -2.10. The topological polar surface area (TPSA) is 47.0 Å². The number of aromatic nitrogens is 2. The quantitative estimate of drug-likeness (QED) is 0.874. The fraction of sp³-hybridized carbons (Fsp3) is 0.231. The Morgan fingerprint density at radius 1 is 1.24 bits per heavy atom. The average molecular weight is 229 g/mol. The van der Waals surface area contributed by atoms with Crippen LogP contribution < -0.4 is 10.1 Å². The third kappa shape index (κ3) is 2.93. The highest BCUT2D eigenvalue weighted by atomic mass is 16.5. The molecule has 2 aromatic rings. The molecule has 0 amide bonds. The van der Waals surface area contributed by atoms with Crippen molar-refractivity contribution in [1.29, 1.82) is 0 Å². The lowest BCUT2D eigenvalue weighted by atomic mass is 10.2. The molecule has 0 atom stereocenters. The molecule has 17 heavy (non-hydrogen) atoms. The number of benzene rings is 1. The monoisotopic (exact) mass is 229 g/mol. The fourth-order valence-electron chi connectivity index (χ4n) is 1.56. The van der Waals surface area contributed by atoms with E-state index >= 15 is 0 Å². The zero-order valence-corrected chi connectivity index (χ0v) is 9.97. The van der Waals surface area contributed by atoms with Gasteiger partial charge in [0.15, 0.2) is 0 Å². The second-order valence-electron chi connectivity index (χ2n) is 3.70. The molecular formula is C13H15N3O.